The molecular formula is C23H23N2O3+. The van der Waals surface area contributed by atoms with E-state index in [9.17, 15) is 9.90 Å². The van der Waals surface area contributed by atoms with Crippen LogP contribution < -0.4 is 9.64 Å². The van der Waals surface area contributed by atoms with E-state index < -0.39 is 0 Å². The highest BCUT2D eigenvalue weighted by Gasteiger charge is 2.33. The van der Waals surface area contributed by atoms with E-state index in [0.29, 0.717) is 23.6 Å². The normalized spacial score (nSPS) is 18.6. The van der Waals surface area contributed by atoms with Crippen molar-refractivity contribution in [1.82, 2.24) is 4.98 Å². The van der Waals surface area contributed by atoms with E-state index in [1.165, 1.54) is 24.2 Å². The molecule has 0 unspecified atom stereocenters. The highest BCUT2D eigenvalue weighted by Crippen LogP contribution is 2.39. The number of H-pyrrole nitrogens is 1. The Labute approximate surface area is 163 Å². The lowest BCUT2D eigenvalue weighted by molar-refractivity contribution is -0.918. The molecule has 0 saturated carbocycles. The summed E-state index contributed by atoms with van der Waals surface area (Å²) in [6, 6.07) is 11.2. The van der Waals surface area contributed by atoms with Crippen LogP contribution in [0, 0.1) is 0 Å². The first-order valence-corrected chi connectivity index (χ1v) is 9.89. The van der Waals surface area contributed by atoms with Crippen LogP contribution in [0.4, 0.5) is 0 Å². The van der Waals surface area contributed by atoms with Crippen molar-refractivity contribution in [1.29, 1.82) is 0 Å². The third-order valence-corrected chi connectivity index (χ3v) is 5.81. The van der Waals surface area contributed by atoms with Crippen molar-refractivity contribution in [3.8, 4) is 11.5 Å². The largest absolute Gasteiger partial charge is 0.507 e. The van der Waals surface area contributed by atoms with E-state index in [-0.39, 0.29) is 11.5 Å². The quantitative estimate of drug-likeness (QED) is 0.617. The molecular weight excluding hydrogens is 352 g/mol. The van der Waals surface area contributed by atoms with Gasteiger partial charge in [-0.05, 0) is 43.5 Å². The number of quaternary nitrogens is 1. The fourth-order valence-electron chi connectivity index (χ4n) is 4.30. The summed E-state index contributed by atoms with van der Waals surface area (Å²) < 4.78 is 6.02. The van der Waals surface area contributed by atoms with Crippen molar-refractivity contribution < 1.29 is 19.5 Å². The zero-order chi connectivity index (χ0) is 19.1. The van der Waals surface area contributed by atoms with Crippen LogP contribution in [0.25, 0.3) is 17.0 Å². The van der Waals surface area contributed by atoms with Crippen LogP contribution in [0.5, 0.6) is 11.5 Å². The van der Waals surface area contributed by atoms with Gasteiger partial charge in [0.25, 0.3) is 0 Å². The van der Waals surface area contributed by atoms with Gasteiger partial charge in [0.2, 0.25) is 5.78 Å². The number of hydrogen-bond acceptors (Lipinski definition) is 3. The zero-order valence-corrected chi connectivity index (χ0v) is 15.6. The monoisotopic (exact) mass is 375 g/mol. The molecule has 2 aliphatic rings. The molecule has 5 rings (SSSR count). The molecule has 2 aliphatic heterocycles. The van der Waals surface area contributed by atoms with Crippen molar-refractivity contribution in [3.63, 3.8) is 0 Å². The molecule has 0 spiro atoms. The lowest BCUT2D eigenvalue weighted by Crippen LogP contribution is -3.11. The number of fused-ring (bicyclic) bond motifs is 2. The van der Waals surface area contributed by atoms with Crippen molar-refractivity contribution in [2.24, 2.45) is 0 Å². The number of likely N-dealkylation sites (tertiary alicyclic amines) is 1. The minimum Gasteiger partial charge on any atom is -0.507 e. The number of ether oxygens (including phenoxy) is 1. The number of carbonyl (C=O) groups excluding carboxylic acids is 1. The number of aromatic nitrogens is 1. The van der Waals surface area contributed by atoms with E-state index in [0.717, 1.165) is 35.1 Å². The van der Waals surface area contributed by atoms with Crippen LogP contribution in [-0.4, -0.2) is 29.0 Å². The van der Waals surface area contributed by atoms with Crippen molar-refractivity contribution in [2.45, 2.75) is 25.8 Å². The Kier molecular flexibility index (Phi) is 4.17. The maximum atomic E-state index is 12.9. The van der Waals surface area contributed by atoms with Gasteiger partial charge >= 0.3 is 0 Å². The van der Waals surface area contributed by atoms with Gasteiger partial charge in [-0.15, -0.1) is 0 Å². The van der Waals surface area contributed by atoms with Crippen LogP contribution >= 0.6 is 0 Å². The first-order valence-electron chi connectivity index (χ1n) is 9.89. The average Bonchev–Trinajstić information content (AvgIpc) is 3.27. The molecule has 28 heavy (non-hydrogen) atoms. The van der Waals surface area contributed by atoms with E-state index in [1.54, 1.807) is 18.2 Å². The van der Waals surface area contributed by atoms with Gasteiger partial charge in [-0.25, -0.2) is 0 Å². The molecule has 3 N–H and O–H groups in total. The SMILES string of the molecule is O=C1/C(=C/c2c[nH]c3ccccc23)Oc2c1ccc(O)c2C[NH+]1CCCCC1. The molecule has 5 heteroatoms. The van der Waals surface area contributed by atoms with Gasteiger partial charge in [0.05, 0.1) is 24.2 Å². The number of piperidine rings is 1. The van der Waals surface area contributed by atoms with E-state index >= 15 is 0 Å². The van der Waals surface area contributed by atoms with Gasteiger partial charge in [-0.2, -0.15) is 0 Å². The van der Waals surface area contributed by atoms with E-state index in [4.69, 9.17) is 4.74 Å². The van der Waals surface area contributed by atoms with Crippen LogP contribution in [0.1, 0.15) is 40.7 Å². The number of aromatic amines is 1. The third kappa shape index (κ3) is 2.88. The number of benzene rings is 2. The molecule has 0 radical (unpaired) electrons. The molecule has 0 aliphatic carbocycles. The van der Waals surface area contributed by atoms with Crippen molar-refractivity contribution in [2.75, 3.05) is 13.1 Å². The molecule has 1 fully saturated rings. The number of ketones is 1. The molecule has 3 heterocycles. The highest BCUT2D eigenvalue weighted by atomic mass is 16.5. The summed E-state index contributed by atoms with van der Waals surface area (Å²) in [6.07, 6.45) is 7.35. The van der Waals surface area contributed by atoms with Crippen LogP contribution in [0.3, 0.4) is 0 Å². The van der Waals surface area contributed by atoms with Crippen LogP contribution in [-0.2, 0) is 6.54 Å². The second-order valence-corrected chi connectivity index (χ2v) is 7.66. The van der Waals surface area contributed by atoms with Crippen LogP contribution in [0.15, 0.2) is 48.4 Å². The number of phenolic OH excluding ortho intramolecular Hbond substituents is 1. The Morgan fingerprint density at radius 1 is 1.11 bits per heavy atom. The van der Waals surface area contributed by atoms with Gasteiger partial charge in [0, 0.05) is 22.7 Å². The second-order valence-electron chi connectivity index (χ2n) is 7.66. The summed E-state index contributed by atoms with van der Waals surface area (Å²) in [5.74, 6) is 0.905. The number of Topliss-reactive ketones (excluding diaryl/α,β-unsaturated/α-hetero) is 1. The average molecular weight is 375 g/mol. The molecule has 2 aromatic carbocycles. The van der Waals surface area contributed by atoms with Gasteiger partial charge in [0.1, 0.15) is 12.3 Å². The Morgan fingerprint density at radius 3 is 2.79 bits per heavy atom. The molecule has 1 aromatic heterocycles. The van der Waals surface area contributed by atoms with Gasteiger partial charge in [-0.1, -0.05) is 18.2 Å². The van der Waals surface area contributed by atoms with Crippen molar-refractivity contribution >= 4 is 22.8 Å². The molecule has 142 valence electrons. The summed E-state index contributed by atoms with van der Waals surface area (Å²) in [6.45, 7) is 2.87. The topological polar surface area (TPSA) is 66.8 Å². The predicted octanol–water partition coefficient (Wildman–Crippen LogP) is 3.06. The number of nitrogens with one attached hydrogen (secondary N) is 2. The number of rotatable bonds is 3. The lowest BCUT2D eigenvalue weighted by atomic mass is 10.0. The number of carbonyl (C=O) groups is 1. The Hall–Kier alpha value is -3.05. The van der Waals surface area contributed by atoms with Gasteiger partial charge in [0.15, 0.2) is 11.5 Å². The zero-order valence-electron chi connectivity index (χ0n) is 15.6. The standard InChI is InChI=1S/C23H22N2O3/c26-20-9-8-17-22(27)21(12-15-13-24-19-7-3-2-6-16(15)19)28-23(17)18(20)14-25-10-4-1-5-11-25/h2-3,6-9,12-13,24,26H,1,4-5,10-11,14H2/p+1/b21-12-. The number of hydrogen-bond donors (Lipinski definition) is 3. The summed E-state index contributed by atoms with van der Waals surface area (Å²) in [4.78, 5) is 17.6. The minimum absolute atomic E-state index is 0.129. The summed E-state index contributed by atoms with van der Waals surface area (Å²) >= 11 is 0. The first kappa shape index (κ1) is 17.1. The Balaban J connectivity index is 1.50. The molecule has 0 amide bonds. The number of phenols is 1. The molecule has 0 bridgehead atoms. The lowest BCUT2D eigenvalue weighted by Gasteiger charge is -2.24. The van der Waals surface area contributed by atoms with Crippen LogP contribution in [0.2, 0.25) is 0 Å². The predicted molar refractivity (Wildman–Crippen MR) is 108 cm³/mol. The maximum Gasteiger partial charge on any atom is 0.231 e. The molecule has 0 atom stereocenters. The molecule has 5 nitrogen and oxygen atoms in total. The maximum absolute atomic E-state index is 12.9. The minimum atomic E-state index is -0.129. The fourth-order valence-corrected chi connectivity index (χ4v) is 4.30. The second kappa shape index (κ2) is 6.84. The fraction of sp³-hybridized carbons (Fsp3) is 0.261. The summed E-state index contributed by atoms with van der Waals surface area (Å²) in [5.41, 5.74) is 3.21. The number of allylic oxidation sites excluding steroid dienone is 1. The highest BCUT2D eigenvalue weighted by molar-refractivity contribution is 6.15. The number of aromatic hydroxyl groups is 1. The first-order chi connectivity index (χ1) is 13.7. The number of para-hydroxylation sites is 1. The van der Waals surface area contributed by atoms with E-state index in [1.807, 2.05) is 30.5 Å². The van der Waals surface area contributed by atoms with Gasteiger partial charge < -0.3 is 19.7 Å². The summed E-state index contributed by atoms with van der Waals surface area (Å²) in [5, 5.41) is 11.5. The molecule has 3 aromatic rings. The van der Waals surface area contributed by atoms with Crippen molar-refractivity contribution in [3.05, 3.63) is 65.0 Å². The summed E-state index contributed by atoms with van der Waals surface area (Å²) in [7, 11) is 0. The van der Waals surface area contributed by atoms with E-state index in [2.05, 4.69) is 4.98 Å². The Bertz CT molecular complexity index is 1090. The smallest absolute Gasteiger partial charge is 0.231 e. The molecule has 1 saturated heterocycles. The van der Waals surface area contributed by atoms with Gasteiger partial charge in [-0.3, -0.25) is 4.79 Å². The third-order valence-electron chi connectivity index (χ3n) is 5.81. The Morgan fingerprint density at radius 2 is 1.93 bits per heavy atom.